The van der Waals surface area contributed by atoms with Crippen molar-refractivity contribution in [2.45, 2.75) is 6.42 Å². The van der Waals surface area contributed by atoms with Crippen molar-refractivity contribution in [3.05, 3.63) is 53.6 Å². The van der Waals surface area contributed by atoms with Crippen molar-refractivity contribution in [2.24, 2.45) is 0 Å². The number of nitrogens with zero attached hydrogens (tertiary/aromatic N) is 4. The standard InChI is InChI=1S/C21H24F2N4OS/c1-25(2)10-5-11-27(20(28)14-6-8-16(9-7-14)26(3)4)21-24-19-17(23)12-15(22)13-18(19)29-21/h6-9,12-13H,5,10-11H2,1-4H3. The fourth-order valence-corrected chi connectivity index (χ4v) is 3.98. The van der Waals surface area contributed by atoms with E-state index in [1.165, 1.54) is 6.07 Å². The van der Waals surface area contributed by atoms with Gasteiger partial charge in [-0.25, -0.2) is 13.8 Å². The van der Waals surface area contributed by atoms with E-state index in [4.69, 9.17) is 0 Å². The first-order valence-electron chi connectivity index (χ1n) is 9.26. The molecule has 0 radical (unpaired) electrons. The van der Waals surface area contributed by atoms with E-state index >= 15 is 0 Å². The molecule has 3 aromatic rings. The third-order valence-electron chi connectivity index (χ3n) is 4.50. The van der Waals surface area contributed by atoms with Crippen LogP contribution in [0.2, 0.25) is 0 Å². The van der Waals surface area contributed by atoms with Crippen molar-refractivity contribution in [3.8, 4) is 0 Å². The monoisotopic (exact) mass is 418 g/mol. The van der Waals surface area contributed by atoms with Crippen molar-refractivity contribution in [2.75, 3.05) is 51.1 Å². The Balaban J connectivity index is 1.95. The zero-order valence-corrected chi connectivity index (χ0v) is 17.8. The summed E-state index contributed by atoms with van der Waals surface area (Å²) in [6.45, 7) is 1.22. The highest BCUT2D eigenvalue weighted by Crippen LogP contribution is 2.32. The Labute approximate surface area is 173 Å². The van der Waals surface area contributed by atoms with Crippen LogP contribution in [0.15, 0.2) is 36.4 Å². The van der Waals surface area contributed by atoms with Crippen LogP contribution in [0.3, 0.4) is 0 Å². The van der Waals surface area contributed by atoms with Crippen LogP contribution in [0.5, 0.6) is 0 Å². The van der Waals surface area contributed by atoms with Gasteiger partial charge in [-0.05, 0) is 57.4 Å². The van der Waals surface area contributed by atoms with Gasteiger partial charge in [-0.15, -0.1) is 0 Å². The molecule has 0 atom stereocenters. The number of rotatable bonds is 7. The van der Waals surface area contributed by atoms with Crippen LogP contribution in [0.25, 0.3) is 10.2 Å². The van der Waals surface area contributed by atoms with E-state index in [2.05, 4.69) is 4.98 Å². The van der Waals surface area contributed by atoms with Crippen LogP contribution in [0.4, 0.5) is 19.6 Å². The Hall–Kier alpha value is -2.58. The molecule has 0 unspecified atom stereocenters. The lowest BCUT2D eigenvalue weighted by molar-refractivity contribution is 0.0986. The fraction of sp³-hybridized carbons (Fsp3) is 0.333. The Kier molecular flexibility index (Phi) is 6.44. The number of hydrogen-bond donors (Lipinski definition) is 0. The Morgan fingerprint density at radius 2 is 1.72 bits per heavy atom. The molecule has 0 saturated heterocycles. The van der Waals surface area contributed by atoms with Gasteiger partial charge in [-0.1, -0.05) is 11.3 Å². The largest absolute Gasteiger partial charge is 0.378 e. The predicted molar refractivity (Wildman–Crippen MR) is 115 cm³/mol. The highest BCUT2D eigenvalue weighted by Gasteiger charge is 2.22. The molecule has 1 aromatic heterocycles. The van der Waals surface area contributed by atoms with Crippen molar-refractivity contribution < 1.29 is 13.6 Å². The quantitative estimate of drug-likeness (QED) is 0.575. The van der Waals surface area contributed by atoms with Crippen LogP contribution in [-0.4, -0.2) is 57.1 Å². The molecule has 0 N–H and O–H groups in total. The van der Waals surface area contributed by atoms with Crippen LogP contribution in [-0.2, 0) is 0 Å². The van der Waals surface area contributed by atoms with Gasteiger partial charge >= 0.3 is 0 Å². The molecular formula is C21H24F2N4OS. The maximum Gasteiger partial charge on any atom is 0.260 e. The molecule has 0 aliphatic heterocycles. The van der Waals surface area contributed by atoms with Crippen LogP contribution in [0.1, 0.15) is 16.8 Å². The average molecular weight is 419 g/mol. The second-order valence-electron chi connectivity index (χ2n) is 7.29. The summed E-state index contributed by atoms with van der Waals surface area (Å²) in [4.78, 5) is 23.1. The summed E-state index contributed by atoms with van der Waals surface area (Å²) >= 11 is 1.12. The van der Waals surface area contributed by atoms with Gasteiger partial charge in [0.2, 0.25) is 0 Å². The Morgan fingerprint density at radius 1 is 1.03 bits per heavy atom. The van der Waals surface area contributed by atoms with Crippen molar-refractivity contribution in [1.82, 2.24) is 9.88 Å². The maximum absolute atomic E-state index is 14.1. The van der Waals surface area contributed by atoms with E-state index in [9.17, 15) is 13.6 Å². The first kappa shape index (κ1) is 21.1. The Morgan fingerprint density at radius 3 is 2.34 bits per heavy atom. The lowest BCUT2D eigenvalue weighted by Crippen LogP contribution is -2.33. The zero-order valence-electron chi connectivity index (χ0n) is 16.9. The topological polar surface area (TPSA) is 39.7 Å². The summed E-state index contributed by atoms with van der Waals surface area (Å²) in [7, 11) is 7.78. The summed E-state index contributed by atoms with van der Waals surface area (Å²) in [6, 6.07) is 9.34. The molecule has 0 saturated carbocycles. The number of halogens is 2. The summed E-state index contributed by atoms with van der Waals surface area (Å²) in [5.74, 6) is -1.59. The van der Waals surface area contributed by atoms with E-state index in [1.54, 1.807) is 17.0 Å². The second kappa shape index (κ2) is 8.84. The predicted octanol–water partition coefficient (Wildman–Crippen LogP) is 4.24. The van der Waals surface area contributed by atoms with Gasteiger partial charge in [0.15, 0.2) is 10.9 Å². The summed E-state index contributed by atoms with van der Waals surface area (Å²) in [5.41, 5.74) is 1.59. The number of hydrogen-bond acceptors (Lipinski definition) is 5. The van der Waals surface area contributed by atoms with E-state index in [0.29, 0.717) is 21.9 Å². The number of amides is 1. The summed E-state index contributed by atoms with van der Waals surface area (Å²) in [5, 5.41) is 0.366. The number of anilines is 2. The second-order valence-corrected chi connectivity index (χ2v) is 8.29. The van der Waals surface area contributed by atoms with E-state index in [1.807, 2.05) is 50.1 Å². The molecule has 2 aromatic carbocycles. The van der Waals surface area contributed by atoms with E-state index < -0.39 is 11.6 Å². The van der Waals surface area contributed by atoms with Gasteiger partial charge < -0.3 is 9.80 Å². The Bertz CT molecular complexity index is 1000. The van der Waals surface area contributed by atoms with Crippen LogP contribution < -0.4 is 9.80 Å². The minimum atomic E-state index is -0.724. The zero-order chi connectivity index (χ0) is 21.1. The van der Waals surface area contributed by atoms with Crippen molar-refractivity contribution in [1.29, 1.82) is 0 Å². The molecular weight excluding hydrogens is 394 g/mol. The molecule has 0 aliphatic carbocycles. The SMILES string of the molecule is CN(C)CCCN(C(=O)c1ccc(N(C)C)cc1)c1nc2c(F)cc(F)cc2s1. The third kappa shape index (κ3) is 4.89. The average Bonchev–Trinajstić information content (AvgIpc) is 3.08. The number of carbonyl (C=O) groups is 1. The van der Waals surface area contributed by atoms with Gasteiger partial charge in [-0.2, -0.15) is 0 Å². The number of benzene rings is 2. The lowest BCUT2D eigenvalue weighted by Gasteiger charge is -2.21. The van der Waals surface area contributed by atoms with Crippen LogP contribution >= 0.6 is 11.3 Å². The van der Waals surface area contributed by atoms with E-state index in [0.717, 1.165) is 36.1 Å². The first-order valence-corrected chi connectivity index (χ1v) is 10.1. The molecule has 5 nitrogen and oxygen atoms in total. The molecule has 1 heterocycles. The number of aromatic nitrogens is 1. The van der Waals surface area contributed by atoms with Gasteiger partial charge in [0, 0.05) is 38.0 Å². The minimum absolute atomic E-state index is 0.0831. The maximum atomic E-state index is 14.1. The van der Waals surface area contributed by atoms with Crippen molar-refractivity contribution in [3.63, 3.8) is 0 Å². The molecule has 1 amide bonds. The normalized spacial score (nSPS) is 11.3. The number of carbonyl (C=O) groups excluding carboxylic acids is 1. The summed E-state index contributed by atoms with van der Waals surface area (Å²) in [6.07, 6.45) is 0.724. The third-order valence-corrected chi connectivity index (χ3v) is 5.52. The lowest BCUT2D eigenvalue weighted by atomic mass is 10.1. The van der Waals surface area contributed by atoms with Crippen molar-refractivity contribution >= 4 is 38.3 Å². The van der Waals surface area contributed by atoms with Gasteiger partial charge in [-0.3, -0.25) is 9.69 Å². The van der Waals surface area contributed by atoms with Crippen LogP contribution in [0, 0.1) is 11.6 Å². The molecule has 0 aliphatic rings. The van der Waals surface area contributed by atoms with Gasteiger partial charge in [0.05, 0.1) is 4.70 Å². The highest BCUT2D eigenvalue weighted by molar-refractivity contribution is 7.22. The number of fused-ring (bicyclic) bond motifs is 1. The fourth-order valence-electron chi connectivity index (χ4n) is 2.95. The molecule has 8 heteroatoms. The molecule has 154 valence electrons. The number of thiazole rings is 1. The first-order chi connectivity index (χ1) is 13.8. The molecule has 0 spiro atoms. The molecule has 29 heavy (non-hydrogen) atoms. The van der Waals surface area contributed by atoms with Gasteiger partial charge in [0.25, 0.3) is 5.91 Å². The van der Waals surface area contributed by atoms with Gasteiger partial charge in [0.1, 0.15) is 11.3 Å². The molecule has 3 rings (SSSR count). The smallest absolute Gasteiger partial charge is 0.260 e. The summed E-state index contributed by atoms with van der Waals surface area (Å²) < 4.78 is 28.1. The molecule has 0 bridgehead atoms. The van der Waals surface area contributed by atoms with E-state index in [-0.39, 0.29) is 11.4 Å². The molecule has 0 fully saturated rings. The highest BCUT2D eigenvalue weighted by atomic mass is 32.1. The minimum Gasteiger partial charge on any atom is -0.378 e.